The van der Waals surface area contributed by atoms with E-state index in [0.29, 0.717) is 18.9 Å². The molecule has 128 valence electrons. The Kier molecular flexibility index (Phi) is 4.24. The first kappa shape index (κ1) is 15.8. The number of amides is 1. The van der Waals surface area contributed by atoms with E-state index in [2.05, 4.69) is 29.4 Å². The van der Waals surface area contributed by atoms with Crippen molar-refractivity contribution in [3.63, 3.8) is 0 Å². The number of fused-ring (bicyclic) bond motifs is 1. The van der Waals surface area contributed by atoms with Crippen molar-refractivity contribution in [3.05, 3.63) is 60.0 Å². The van der Waals surface area contributed by atoms with Crippen molar-refractivity contribution < 1.29 is 9.21 Å². The Bertz CT molecular complexity index is 870. The minimum atomic E-state index is 0.132. The second-order valence-corrected chi connectivity index (χ2v) is 6.42. The fraction of sp³-hybridized carbons (Fsp3) is 0.300. The fourth-order valence-corrected chi connectivity index (χ4v) is 3.24. The van der Waals surface area contributed by atoms with Gasteiger partial charge in [-0.25, -0.2) is 4.98 Å². The summed E-state index contributed by atoms with van der Waals surface area (Å²) in [6, 6.07) is 16.1. The Balaban J connectivity index is 1.45. The van der Waals surface area contributed by atoms with Gasteiger partial charge in [0.25, 0.3) is 0 Å². The van der Waals surface area contributed by atoms with Crippen LogP contribution in [-0.4, -0.2) is 17.4 Å². The summed E-state index contributed by atoms with van der Waals surface area (Å²) in [5.74, 6) is 0.892. The molecule has 3 aromatic rings. The summed E-state index contributed by atoms with van der Waals surface area (Å²) in [7, 11) is 0. The molecule has 0 radical (unpaired) electrons. The van der Waals surface area contributed by atoms with Gasteiger partial charge in [0.15, 0.2) is 5.58 Å². The number of nitrogens with one attached hydrogen (secondary N) is 1. The van der Waals surface area contributed by atoms with E-state index in [1.807, 2.05) is 41.3 Å². The Morgan fingerprint density at radius 1 is 1.24 bits per heavy atom. The molecule has 0 spiro atoms. The molecule has 2 heterocycles. The molecule has 4 rings (SSSR count). The lowest BCUT2D eigenvalue weighted by atomic mass is 10.1. The van der Waals surface area contributed by atoms with Gasteiger partial charge in [-0.3, -0.25) is 4.79 Å². The van der Waals surface area contributed by atoms with Crippen LogP contribution in [0.2, 0.25) is 0 Å². The molecule has 1 aromatic heterocycles. The van der Waals surface area contributed by atoms with Crippen molar-refractivity contribution in [2.75, 3.05) is 11.4 Å². The molecule has 1 saturated heterocycles. The quantitative estimate of drug-likeness (QED) is 0.770. The van der Waals surface area contributed by atoms with E-state index in [9.17, 15) is 4.79 Å². The molecule has 25 heavy (non-hydrogen) atoms. The van der Waals surface area contributed by atoms with Gasteiger partial charge in [-0.15, -0.1) is 0 Å². The van der Waals surface area contributed by atoms with Gasteiger partial charge in [0, 0.05) is 24.7 Å². The molecule has 5 heteroatoms. The van der Waals surface area contributed by atoms with Crippen LogP contribution in [0.3, 0.4) is 0 Å². The first-order chi connectivity index (χ1) is 12.2. The van der Waals surface area contributed by atoms with Crippen LogP contribution in [0.5, 0.6) is 0 Å². The number of anilines is 1. The predicted molar refractivity (Wildman–Crippen MR) is 97.3 cm³/mol. The second kappa shape index (κ2) is 6.69. The number of para-hydroxylation sites is 2. The smallest absolute Gasteiger partial charge is 0.227 e. The van der Waals surface area contributed by atoms with E-state index in [1.54, 1.807) is 0 Å². The third-order valence-electron chi connectivity index (χ3n) is 4.65. The molecule has 0 aliphatic carbocycles. The number of carbonyl (C=O) groups excluding carboxylic acids is 1. The summed E-state index contributed by atoms with van der Waals surface area (Å²) in [6.07, 6.45) is 1.59. The molecule has 0 bridgehead atoms. The average molecular weight is 335 g/mol. The van der Waals surface area contributed by atoms with Crippen LogP contribution in [0.1, 0.15) is 37.3 Å². The molecule has 2 aromatic carbocycles. The van der Waals surface area contributed by atoms with Crippen molar-refractivity contribution in [2.24, 2.45) is 0 Å². The normalized spacial score (nSPS) is 15.9. The molecule has 5 nitrogen and oxygen atoms in total. The minimum absolute atomic E-state index is 0.132. The largest absolute Gasteiger partial charge is 0.439 e. The maximum absolute atomic E-state index is 11.9. The summed E-state index contributed by atoms with van der Waals surface area (Å²) in [5.41, 5.74) is 3.81. The van der Waals surface area contributed by atoms with E-state index in [0.717, 1.165) is 35.3 Å². The minimum Gasteiger partial charge on any atom is -0.439 e. The third kappa shape index (κ3) is 3.28. The summed E-state index contributed by atoms with van der Waals surface area (Å²) >= 11 is 0. The molecule has 1 aliphatic heterocycles. The van der Waals surface area contributed by atoms with Gasteiger partial charge in [-0.1, -0.05) is 24.3 Å². The Hall–Kier alpha value is -2.66. The standard InChI is InChI=1S/C20H21N3O2/c1-14(21-13-19-22-17-8-2-3-9-18(17)25-19)15-6-4-7-16(12-15)23-11-5-10-20(23)24/h2-4,6-9,12,14,21H,5,10-11,13H2,1H3/t14-/m0/s1. The summed E-state index contributed by atoms with van der Waals surface area (Å²) < 4.78 is 5.75. The molecule has 1 amide bonds. The lowest BCUT2D eigenvalue weighted by Gasteiger charge is -2.19. The number of benzene rings is 2. The van der Waals surface area contributed by atoms with Gasteiger partial charge in [-0.2, -0.15) is 0 Å². The van der Waals surface area contributed by atoms with Crippen molar-refractivity contribution in [3.8, 4) is 0 Å². The highest BCUT2D eigenvalue weighted by Gasteiger charge is 2.22. The molecule has 1 atom stereocenters. The van der Waals surface area contributed by atoms with Gasteiger partial charge >= 0.3 is 0 Å². The van der Waals surface area contributed by atoms with Gasteiger partial charge in [0.05, 0.1) is 6.54 Å². The van der Waals surface area contributed by atoms with E-state index in [1.165, 1.54) is 0 Å². The highest BCUT2D eigenvalue weighted by atomic mass is 16.3. The van der Waals surface area contributed by atoms with Gasteiger partial charge in [-0.05, 0) is 43.2 Å². The number of aromatic nitrogens is 1. The zero-order valence-electron chi connectivity index (χ0n) is 14.2. The number of oxazole rings is 1. The van der Waals surface area contributed by atoms with Crippen LogP contribution in [0.25, 0.3) is 11.1 Å². The summed E-state index contributed by atoms with van der Waals surface area (Å²) in [6.45, 7) is 3.48. The molecule has 1 aliphatic rings. The van der Waals surface area contributed by atoms with Crippen molar-refractivity contribution in [1.82, 2.24) is 10.3 Å². The Labute approximate surface area is 146 Å². The van der Waals surface area contributed by atoms with Crippen LogP contribution in [0, 0.1) is 0 Å². The number of carbonyl (C=O) groups is 1. The zero-order chi connectivity index (χ0) is 17.2. The first-order valence-electron chi connectivity index (χ1n) is 8.69. The molecule has 1 fully saturated rings. The lowest BCUT2D eigenvalue weighted by molar-refractivity contribution is -0.117. The van der Waals surface area contributed by atoms with Gasteiger partial charge in [0.2, 0.25) is 11.8 Å². The monoisotopic (exact) mass is 335 g/mol. The van der Waals surface area contributed by atoms with E-state index in [4.69, 9.17) is 4.42 Å². The van der Waals surface area contributed by atoms with Crippen molar-refractivity contribution in [2.45, 2.75) is 32.4 Å². The topological polar surface area (TPSA) is 58.4 Å². The third-order valence-corrected chi connectivity index (χ3v) is 4.65. The number of hydrogen-bond acceptors (Lipinski definition) is 4. The molecule has 0 saturated carbocycles. The van der Waals surface area contributed by atoms with Crippen LogP contribution >= 0.6 is 0 Å². The van der Waals surface area contributed by atoms with Crippen molar-refractivity contribution in [1.29, 1.82) is 0 Å². The number of hydrogen-bond donors (Lipinski definition) is 1. The number of nitrogens with zero attached hydrogens (tertiary/aromatic N) is 2. The molecular weight excluding hydrogens is 314 g/mol. The molecule has 0 unspecified atom stereocenters. The maximum atomic E-state index is 11.9. The zero-order valence-corrected chi connectivity index (χ0v) is 14.2. The molecule has 1 N–H and O–H groups in total. The van der Waals surface area contributed by atoms with Gasteiger partial charge in [0.1, 0.15) is 5.52 Å². The highest BCUT2D eigenvalue weighted by molar-refractivity contribution is 5.95. The predicted octanol–water partition coefficient (Wildman–Crippen LogP) is 3.81. The fourth-order valence-electron chi connectivity index (χ4n) is 3.24. The average Bonchev–Trinajstić information content (AvgIpc) is 3.25. The summed E-state index contributed by atoms with van der Waals surface area (Å²) in [5, 5.41) is 3.45. The van der Waals surface area contributed by atoms with Crippen LogP contribution in [0.15, 0.2) is 52.9 Å². The van der Waals surface area contributed by atoms with E-state index in [-0.39, 0.29) is 11.9 Å². The SMILES string of the molecule is C[C@H](NCc1nc2ccccc2o1)c1cccc(N2CCCC2=O)c1. The van der Waals surface area contributed by atoms with E-state index < -0.39 is 0 Å². The number of rotatable bonds is 5. The van der Waals surface area contributed by atoms with Crippen LogP contribution in [-0.2, 0) is 11.3 Å². The van der Waals surface area contributed by atoms with Gasteiger partial charge < -0.3 is 14.6 Å². The second-order valence-electron chi connectivity index (χ2n) is 6.42. The lowest BCUT2D eigenvalue weighted by Crippen LogP contribution is -2.24. The van der Waals surface area contributed by atoms with Crippen LogP contribution in [0.4, 0.5) is 5.69 Å². The Morgan fingerprint density at radius 3 is 2.92 bits per heavy atom. The van der Waals surface area contributed by atoms with Crippen molar-refractivity contribution >= 4 is 22.7 Å². The maximum Gasteiger partial charge on any atom is 0.227 e. The summed E-state index contributed by atoms with van der Waals surface area (Å²) in [4.78, 5) is 18.3. The Morgan fingerprint density at radius 2 is 2.12 bits per heavy atom. The first-order valence-corrected chi connectivity index (χ1v) is 8.69. The highest BCUT2D eigenvalue weighted by Crippen LogP contribution is 2.25. The van der Waals surface area contributed by atoms with Crippen LogP contribution < -0.4 is 10.2 Å². The van der Waals surface area contributed by atoms with E-state index >= 15 is 0 Å². The molecular formula is C20H21N3O2.